The van der Waals surface area contributed by atoms with E-state index < -0.39 is 0 Å². The molecule has 0 unspecified atom stereocenters. The Bertz CT molecular complexity index is 739. The average molecular weight is 751 g/mol. The molecule has 0 N–H and O–H groups in total. The smallest absolute Gasteiger partial charge is 0.0644 e. The molecule has 0 rings (SSSR count). The predicted octanol–water partition coefficient (Wildman–Crippen LogP) is 17.2. The van der Waals surface area contributed by atoms with E-state index in [2.05, 4.69) is 69.2 Å². The van der Waals surface area contributed by atoms with Gasteiger partial charge in [0, 0.05) is 7.11 Å². The molecule has 0 aromatic rings. The standard InChI is InChI=1S/C50H102O3/c1-12-14-16-18-20-22-24-26-28-30-32-34-36-38-46(39-37-35-33-31-29-27-25-23-21-19-17-15-13-2)52-45-48(5,6)44-47(3,4)40-41-50(9,10)53-43-42-49(7,8)51-11/h46H,12-45H2,1-11H3. The van der Waals surface area contributed by atoms with E-state index in [1.165, 1.54) is 193 Å². The van der Waals surface area contributed by atoms with Crippen molar-refractivity contribution in [1.29, 1.82) is 0 Å². The molecule has 0 spiro atoms. The highest BCUT2D eigenvalue weighted by Gasteiger charge is 2.32. The molecule has 3 nitrogen and oxygen atoms in total. The molecule has 0 fully saturated rings. The van der Waals surface area contributed by atoms with Crippen LogP contribution in [0.25, 0.3) is 0 Å². The molecule has 320 valence electrons. The Morgan fingerprint density at radius 2 is 0.755 bits per heavy atom. The van der Waals surface area contributed by atoms with Gasteiger partial charge in [0.25, 0.3) is 0 Å². The van der Waals surface area contributed by atoms with Crippen LogP contribution in [0, 0.1) is 10.8 Å². The number of hydrogen-bond donors (Lipinski definition) is 0. The lowest BCUT2D eigenvalue weighted by Gasteiger charge is -2.38. The summed E-state index contributed by atoms with van der Waals surface area (Å²) < 4.78 is 18.8. The van der Waals surface area contributed by atoms with Gasteiger partial charge in [-0.2, -0.15) is 0 Å². The van der Waals surface area contributed by atoms with Gasteiger partial charge in [0.1, 0.15) is 0 Å². The van der Waals surface area contributed by atoms with Crippen molar-refractivity contribution in [2.75, 3.05) is 20.3 Å². The second-order valence-electron chi connectivity index (χ2n) is 20.3. The molecule has 0 aliphatic heterocycles. The third kappa shape index (κ3) is 36.0. The second-order valence-corrected chi connectivity index (χ2v) is 20.3. The minimum absolute atomic E-state index is 0.116. The molecule has 0 saturated carbocycles. The molecule has 0 aliphatic rings. The molecule has 3 heteroatoms. The van der Waals surface area contributed by atoms with E-state index in [-0.39, 0.29) is 22.0 Å². The van der Waals surface area contributed by atoms with Crippen molar-refractivity contribution in [3.05, 3.63) is 0 Å². The van der Waals surface area contributed by atoms with Crippen LogP contribution in [0.3, 0.4) is 0 Å². The topological polar surface area (TPSA) is 27.7 Å². The van der Waals surface area contributed by atoms with Gasteiger partial charge in [-0.05, 0) is 77.0 Å². The van der Waals surface area contributed by atoms with Crippen molar-refractivity contribution in [3.8, 4) is 0 Å². The Kier molecular flexibility index (Phi) is 32.8. The van der Waals surface area contributed by atoms with Crippen molar-refractivity contribution in [2.24, 2.45) is 10.8 Å². The first-order chi connectivity index (χ1) is 25.2. The van der Waals surface area contributed by atoms with Gasteiger partial charge in [0.05, 0.1) is 30.5 Å². The first-order valence-electron chi connectivity index (χ1n) is 24.0. The van der Waals surface area contributed by atoms with E-state index in [0.29, 0.717) is 6.10 Å². The monoisotopic (exact) mass is 751 g/mol. The first kappa shape index (κ1) is 52.9. The van der Waals surface area contributed by atoms with Crippen molar-refractivity contribution in [1.82, 2.24) is 0 Å². The van der Waals surface area contributed by atoms with E-state index in [4.69, 9.17) is 14.2 Å². The zero-order valence-electron chi connectivity index (χ0n) is 38.8. The van der Waals surface area contributed by atoms with E-state index >= 15 is 0 Å². The minimum atomic E-state index is -0.128. The summed E-state index contributed by atoms with van der Waals surface area (Å²) in [5.74, 6) is 0. The van der Waals surface area contributed by atoms with Gasteiger partial charge in [-0.15, -0.1) is 0 Å². The highest BCUT2D eigenvalue weighted by molar-refractivity contribution is 4.83. The van der Waals surface area contributed by atoms with Crippen LogP contribution in [0.5, 0.6) is 0 Å². The lowest BCUT2D eigenvalue weighted by molar-refractivity contribution is -0.0674. The van der Waals surface area contributed by atoms with Crippen LogP contribution in [0.4, 0.5) is 0 Å². The maximum absolute atomic E-state index is 6.87. The van der Waals surface area contributed by atoms with Gasteiger partial charge in [-0.25, -0.2) is 0 Å². The summed E-state index contributed by atoms with van der Waals surface area (Å²) in [7, 11) is 1.79. The predicted molar refractivity (Wildman–Crippen MR) is 238 cm³/mol. The zero-order chi connectivity index (χ0) is 39.7. The van der Waals surface area contributed by atoms with Gasteiger partial charge in [0.2, 0.25) is 0 Å². The highest BCUT2D eigenvalue weighted by atomic mass is 16.5. The van der Waals surface area contributed by atoms with Gasteiger partial charge in [-0.3, -0.25) is 0 Å². The number of rotatable bonds is 41. The van der Waals surface area contributed by atoms with Crippen LogP contribution >= 0.6 is 0 Å². The Morgan fingerprint density at radius 3 is 1.11 bits per heavy atom. The summed E-state index contributed by atoms with van der Waals surface area (Å²) in [4.78, 5) is 0. The summed E-state index contributed by atoms with van der Waals surface area (Å²) in [5.41, 5.74) is 0.172. The van der Waals surface area contributed by atoms with Crippen molar-refractivity contribution in [3.63, 3.8) is 0 Å². The van der Waals surface area contributed by atoms with Crippen LogP contribution in [0.15, 0.2) is 0 Å². The molecule has 0 heterocycles. The fraction of sp³-hybridized carbons (Fsp3) is 1.00. The molecule has 0 bridgehead atoms. The maximum atomic E-state index is 6.87. The number of ether oxygens (including phenoxy) is 3. The van der Waals surface area contributed by atoms with Crippen LogP contribution in [-0.4, -0.2) is 37.6 Å². The Labute approximate surface area is 336 Å². The molecule has 53 heavy (non-hydrogen) atoms. The number of methoxy groups -OCH3 is 1. The van der Waals surface area contributed by atoms with E-state index in [9.17, 15) is 0 Å². The fourth-order valence-electron chi connectivity index (χ4n) is 8.26. The minimum Gasteiger partial charge on any atom is -0.379 e. The largest absolute Gasteiger partial charge is 0.379 e. The molecule has 0 atom stereocenters. The summed E-state index contributed by atoms with van der Waals surface area (Å²) >= 11 is 0. The molecule has 0 amide bonds. The van der Waals surface area contributed by atoms with E-state index in [0.717, 1.165) is 26.1 Å². The fourth-order valence-corrected chi connectivity index (χ4v) is 8.26. The Morgan fingerprint density at radius 1 is 0.396 bits per heavy atom. The van der Waals surface area contributed by atoms with Crippen LogP contribution in [0.1, 0.15) is 275 Å². The SMILES string of the molecule is CCCCCCCCCCCCCCCC(CCCCCCCCCCCCCCC)OCC(C)(C)CC(C)(C)CCC(C)(C)OCCC(C)(C)OC. The molecule has 0 saturated heterocycles. The molecular formula is C50H102O3. The van der Waals surface area contributed by atoms with E-state index in [1.54, 1.807) is 7.11 Å². The molecular weight excluding hydrogens is 649 g/mol. The van der Waals surface area contributed by atoms with E-state index in [1.807, 2.05) is 0 Å². The van der Waals surface area contributed by atoms with Crippen molar-refractivity contribution in [2.45, 2.75) is 292 Å². The van der Waals surface area contributed by atoms with Crippen LogP contribution < -0.4 is 0 Å². The highest BCUT2D eigenvalue weighted by Crippen LogP contribution is 2.39. The normalized spacial score (nSPS) is 13.1. The molecule has 0 aromatic carbocycles. The molecule has 0 aromatic heterocycles. The van der Waals surface area contributed by atoms with Crippen LogP contribution in [-0.2, 0) is 14.2 Å². The van der Waals surface area contributed by atoms with Crippen LogP contribution in [0.2, 0.25) is 0 Å². The number of hydrogen-bond acceptors (Lipinski definition) is 3. The molecule has 0 radical (unpaired) electrons. The number of unbranched alkanes of at least 4 members (excludes halogenated alkanes) is 24. The molecule has 0 aliphatic carbocycles. The lowest BCUT2D eigenvalue weighted by Crippen LogP contribution is -2.33. The van der Waals surface area contributed by atoms with Crippen molar-refractivity contribution < 1.29 is 14.2 Å². The summed E-state index contributed by atoms with van der Waals surface area (Å²) in [6.45, 7) is 24.8. The zero-order valence-corrected chi connectivity index (χ0v) is 38.8. The summed E-state index contributed by atoms with van der Waals surface area (Å²) in [6.07, 6.45) is 44.2. The van der Waals surface area contributed by atoms with Crippen molar-refractivity contribution >= 4 is 0 Å². The van der Waals surface area contributed by atoms with Gasteiger partial charge < -0.3 is 14.2 Å². The quantitative estimate of drug-likeness (QED) is 0.0583. The Balaban J connectivity index is 4.65. The third-order valence-corrected chi connectivity index (χ3v) is 12.1. The van der Waals surface area contributed by atoms with Gasteiger partial charge >= 0.3 is 0 Å². The average Bonchev–Trinajstić information content (AvgIpc) is 3.09. The third-order valence-electron chi connectivity index (χ3n) is 12.1. The Hall–Kier alpha value is -0.120. The first-order valence-corrected chi connectivity index (χ1v) is 24.0. The second kappa shape index (κ2) is 32.9. The summed E-state index contributed by atoms with van der Waals surface area (Å²) in [6, 6.07) is 0. The van der Waals surface area contributed by atoms with Gasteiger partial charge in [0.15, 0.2) is 0 Å². The maximum Gasteiger partial charge on any atom is 0.0644 e. The van der Waals surface area contributed by atoms with Gasteiger partial charge in [-0.1, -0.05) is 208 Å². The lowest BCUT2D eigenvalue weighted by atomic mass is 9.72. The summed E-state index contributed by atoms with van der Waals surface area (Å²) in [5, 5.41) is 0.